The summed E-state index contributed by atoms with van der Waals surface area (Å²) in [4.78, 5) is 44.2. The number of carbonyl (C=O) groups excluding carboxylic acids is 3. The standard InChI is InChI=1S/C31H27F3N4O3/c32-31(33,34)24-14-22(15-25(17-24)36-20-39)30(41)38-13-12-37(29(40)11-10-21-6-2-1-3-7-21)19-26(38)16-23-18-35-28-9-5-4-8-27(23)28/h1-11,14-15,17-18,20,26,35H,12-13,16,19H2,(H,36,39)/t26-/m1/s1. The molecule has 1 saturated heterocycles. The molecule has 2 N–H and O–H groups in total. The van der Waals surface area contributed by atoms with E-state index in [2.05, 4.69) is 10.3 Å². The summed E-state index contributed by atoms with van der Waals surface area (Å²) in [5.41, 5.74) is 1.33. The smallest absolute Gasteiger partial charge is 0.361 e. The molecule has 1 aliphatic heterocycles. The van der Waals surface area contributed by atoms with Crippen molar-refractivity contribution in [1.82, 2.24) is 14.8 Å². The van der Waals surface area contributed by atoms with Crippen molar-refractivity contribution >= 4 is 40.9 Å². The number of anilines is 1. The van der Waals surface area contributed by atoms with Crippen LogP contribution in [0.15, 0.2) is 85.1 Å². The van der Waals surface area contributed by atoms with Crippen LogP contribution < -0.4 is 5.32 Å². The van der Waals surface area contributed by atoms with E-state index in [-0.39, 0.29) is 43.2 Å². The highest BCUT2D eigenvalue weighted by Crippen LogP contribution is 2.33. The zero-order chi connectivity index (χ0) is 29.0. The van der Waals surface area contributed by atoms with Gasteiger partial charge in [-0.25, -0.2) is 0 Å². The van der Waals surface area contributed by atoms with Crippen molar-refractivity contribution in [3.63, 3.8) is 0 Å². The molecule has 2 heterocycles. The summed E-state index contributed by atoms with van der Waals surface area (Å²) in [6, 6.07) is 19.4. The largest absolute Gasteiger partial charge is 0.416 e. The molecule has 3 aromatic carbocycles. The van der Waals surface area contributed by atoms with E-state index in [4.69, 9.17) is 0 Å². The van der Waals surface area contributed by atoms with Crippen LogP contribution in [-0.2, 0) is 22.2 Å². The molecule has 4 aromatic rings. The molecule has 7 nitrogen and oxygen atoms in total. The summed E-state index contributed by atoms with van der Waals surface area (Å²) in [6.45, 7) is 0.539. The Morgan fingerprint density at radius 1 is 1.00 bits per heavy atom. The number of H-pyrrole nitrogens is 1. The minimum atomic E-state index is -4.71. The van der Waals surface area contributed by atoms with Gasteiger partial charge in [0.2, 0.25) is 12.3 Å². The van der Waals surface area contributed by atoms with Crippen LogP contribution in [0.3, 0.4) is 0 Å². The molecule has 0 bridgehead atoms. The van der Waals surface area contributed by atoms with E-state index < -0.39 is 23.7 Å². The number of amides is 3. The zero-order valence-electron chi connectivity index (χ0n) is 21.9. The first kappa shape index (κ1) is 27.7. The minimum absolute atomic E-state index is 0.128. The predicted octanol–water partition coefficient (Wildman–Crippen LogP) is 5.36. The molecule has 5 rings (SSSR count). The molecule has 0 saturated carbocycles. The first-order valence-electron chi connectivity index (χ1n) is 13.0. The van der Waals surface area contributed by atoms with Crippen LogP contribution in [0.25, 0.3) is 17.0 Å². The van der Waals surface area contributed by atoms with Gasteiger partial charge in [-0.2, -0.15) is 13.2 Å². The van der Waals surface area contributed by atoms with Crippen molar-refractivity contribution < 1.29 is 27.6 Å². The van der Waals surface area contributed by atoms with Crippen LogP contribution in [0.1, 0.15) is 27.0 Å². The number of piperazine rings is 1. The SMILES string of the molecule is O=CNc1cc(C(=O)N2CCN(C(=O)C=Cc3ccccc3)C[C@H]2Cc2c[nH]c3ccccc23)cc(C(F)(F)F)c1. The second-order valence-electron chi connectivity index (χ2n) is 9.80. The predicted molar refractivity (Wildman–Crippen MR) is 150 cm³/mol. The zero-order valence-corrected chi connectivity index (χ0v) is 21.9. The Morgan fingerprint density at radius 2 is 1.76 bits per heavy atom. The lowest BCUT2D eigenvalue weighted by molar-refractivity contribution is -0.137. The van der Waals surface area contributed by atoms with Gasteiger partial charge in [-0.1, -0.05) is 48.5 Å². The fourth-order valence-corrected chi connectivity index (χ4v) is 5.12. The maximum absolute atomic E-state index is 13.7. The van der Waals surface area contributed by atoms with Gasteiger partial charge in [-0.05, 0) is 47.9 Å². The molecule has 1 aliphatic rings. The van der Waals surface area contributed by atoms with E-state index in [1.165, 1.54) is 17.0 Å². The molecule has 0 radical (unpaired) electrons. The van der Waals surface area contributed by atoms with Gasteiger partial charge in [0.1, 0.15) is 0 Å². The monoisotopic (exact) mass is 560 g/mol. The molecule has 0 spiro atoms. The van der Waals surface area contributed by atoms with Crippen LogP contribution in [0.5, 0.6) is 0 Å². The number of nitrogens with one attached hydrogen (secondary N) is 2. The Morgan fingerprint density at radius 3 is 2.51 bits per heavy atom. The number of hydrogen-bond donors (Lipinski definition) is 2. The fourth-order valence-electron chi connectivity index (χ4n) is 5.12. The number of aromatic amines is 1. The number of benzene rings is 3. The third kappa shape index (κ3) is 6.32. The molecule has 210 valence electrons. The van der Waals surface area contributed by atoms with Gasteiger partial charge >= 0.3 is 6.18 Å². The molecule has 10 heteroatoms. The van der Waals surface area contributed by atoms with Gasteiger partial charge in [0, 0.05) is 54.1 Å². The third-order valence-corrected chi connectivity index (χ3v) is 7.14. The number of alkyl halides is 3. The molecule has 3 amide bonds. The Balaban J connectivity index is 1.45. The lowest BCUT2D eigenvalue weighted by Gasteiger charge is -2.41. The summed E-state index contributed by atoms with van der Waals surface area (Å²) >= 11 is 0. The summed E-state index contributed by atoms with van der Waals surface area (Å²) < 4.78 is 40.8. The second kappa shape index (κ2) is 11.7. The highest BCUT2D eigenvalue weighted by molar-refractivity contribution is 5.97. The summed E-state index contributed by atoms with van der Waals surface area (Å²) in [7, 11) is 0. The molecular formula is C31H27F3N4O3. The maximum atomic E-state index is 13.7. The van der Waals surface area contributed by atoms with Gasteiger partial charge in [0.15, 0.2) is 0 Å². The Kier molecular flexibility index (Phi) is 7.91. The quantitative estimate of drug-likeness (QED) is 0.236. The normalized spacial score (nSPS) is 15.8. The number of carbonyl (C=O) groups is 3. The van der Waals surface area contributed by atoms with Gasteiger partial charge in [0.05, 0.1) is 11.6 Å². The Hall–Kier alpha value is -4.86. The van der Waals surface area contributed by atoms with E-state index in [1.54, 1.807) is 11.0 Å². The van der Waals surface area contributed by atoms with Gasteiger partial charge < -0.3 is 20.1 Å². The van der Waals surface area contributed by atoms with Crippen LogP contribution >= 0.6 is 0 Å². The van der Waals surface area contributed by atoms with E-state index in [0.29, 0.717) is 6.42 Å². The number of nitrogens with zero attached hydrogens (tertiary/aromatic N) is 2. The van der Waals surface area contributed by atoms with Gasteiger partial charge in [-0.15, -0.1) is 0 Å². The van der Waals surface area contributed by atoms with Crippen molar-refractivity contribution in [2.45, 2.75) is 18.6 Å². The van der Waals surface area contributed by atoms with Crippen molar-refractivity contribution in [1.29, 1.82) is 0 Å². The second-order valence-corrected chi connectivity index (χ2v) is 9.80. The first-order valence-corrected chi connectivity index (χ1v) is 13.0. The average molecular weight is 561 g/mol. The molecule has 0 unspecified atom stereocenters. The highest BCUT2D eigenvalue weighted by Gasteiger charge is 2.36. The third-order valence-electron chi connectivity index (χ3n) is 7.14. The van der Waals surface area contributed by atoms with Gasteiger partial charge in [0.25, 0.3) is 5.91 Å². The highest BCUT2D eigenvalue weighted by atomic mass is 19.4. The summed E-state index contributed by atoms with van der Waals surface area (Å²) in [6.07, 6.45) is 0.977. The Labute approximate surface area is 234 Å². The summed E-state index contributed by atoms with van der Waals surface area (Å²) in [5, 5.41) is 3.18. The van der Waals surface area contributed by atoms with E-state index in [0.717, 1.165) is 34.2 Å². The van der Waals surface area contributed by atoms with Crippen molar-refractivity contribution in [3.05, 3.63) is 107 Å². The van der Waals surface area contributed by atoms with Crippen LogP contribution in [0.2, 0.25) is 0 Å². The van der Waals surface area contributed by atoms with E-state index in [1.807, 2.05) is 60.8 Å². The number of fused-ring (bicyclic) bond motifs is 1. The molecule has 0 aliphatic carbocycles. The minimum Gasteiger partial charge on any atom is -0.361 e. The lowest BCUT2D eigenvalue weighted by Crippen LogP contribution is -2.57. The molecule has 1 atom stereocenters. The maximum Gasteiger partial charge on any atom is 0.416 e. The fraction of sp³-hybridized carbons (Fsp3) is 0.194. The number of aromatic nitrogens is 1. The number of para-hydroxylation sites is 1. The van der Waals surface area contributed by atoms with E-state index in [9.17, 15) is 27.6 Å². The molecular weight excluding hydrogens is 533 g/mol. The Bertz CT molecular complexity index is 1600. The van der Waals surface area contributed by atoms with Crippen LogP contribution in [0, 0.1) is 0 Å². The molecule has 41 heavy (non-hydrogen) atoms. The van der Waals surface area contributed by atoms with Crippen molar-refractivity contribution in [3.8, 4) is 0 Å². The van der Waals surface area contributed by atoms with Crippen LogP contribution in [-0.4, -0.2) is 58.7 Å². The number of rotatable bonds is 7. The van der Waals surface area contributed by atoms with Crippen molar-refractivity contribution in [2.75, 3.05) is 25.0 Å². The molecule has 1 aromatic heterocycles. The summed E-state index contributed by atoms with van der Waals surface area (Å²) in [5.74, 6) is -0.830. The topological polar surface area (TPSA) is 85.5 Å². The lowest BCUT2D eigenvalue weighted by atomic mass is 9.99. The van der Waals surface area contributed by atoms with Crippen LogP contribution in [0.4, 0.5) is 18.9 Å². The number of halogens is 3. The van der Waals surface area contributed by atoms with E-state index >= 15 is 0 Å². The first-order chi connectivity index (χ1) is 19.7. The molecule has 1 fully saturated rings. The van der Waals surface area contributed by atoms with Crippen molar-refractivity contribution in [2.24, 2.45) is 0 Å². The number of hydrogen-bond acceptors (Lipinski definition) is 3. The average Bonchev–Trinajstić information content (AvgIpc) is 3.38. The van der Waals surface area contributed by atoms with Gasteiger partial charge in [-0.3, -0.25) is 14.4 Å².